The van der Waals surface area contributed by atoms with Crippen molar-refractivity contribution in [2.45, 2.75) is 19.8 Å². The molecule has 0 aliphatic heterocycles. The molecule has 0 fully saturated rings. The van der Waals surface area contributed by atoms with Crippen LogP contribution in [0.2, 0.25) is 10.2 Å². The van der Waals surface area contributed by atoms with E-state index in [1.165, 1.54) is 18.5 Å². The number of nitrogens with one attached hydrogen (secondary N) is 2. The average Bonchev–Trinajstić information content (AvgIpc) is 2.94. The fourth-order valence-corrected chi connectivity index (χ4v) is 2.85. The molecule has 0 bridgehead atoms. The summed E-state index contributed by atoms with van der Waals surface area (Å²) >= 11 is 11.9. The van der Waals surface area contributed by atoms with E-state index in [0.29, 0.717) is 22.2 Å². The van der Waals surface area contributed by atoms with E-state index >= 15 is 0 Å². The number of urea groups is 1. The van der Waals surface area contributed by atoms with E-state index in [9.17, 15) is 4.79 Å². The van der Waals surface area contributed by atoms with Gasteiger partial charge in [0, 0.05) is 5.56 Å². The highest BCUT2D eigenvalue weighted by Gasteiger charge is 2.17. The molecule has 0 atom stereocenters. The van der Waals surface area contributed by atoms with Gasteiger partial charge >= 0.3 is 6.03 Å². The van der Waals surface area contributed by atoms with Gasteiger partial charge in [0.2, 0.25) is 0 Å². The second kappa shape index (κ2) is 7.15. The van der Waals surface area contributed by atoms with Crippen LogP contribution in [0.25, 0.3) is 5.65 Å². The van der Waals surface area contributed by atoms with Crippen LogP contribution in [0.4, 0.5) is 16.2 Å². The van der Waals surface area contributed by atoms with Gasteiger partial charge < -0.3 is 10.6 Å². The SMILES string of the molecule is CC(C)c1c(NC(=O)Nc2cnc(C#N)c(Cl)c2)cnn2cc(Cl)nc12. The maximum absolute atomic E-state index is 12.3. The van der Waals surface area contributed by atoms with Crippen LogP contribution in [-0.4, -0.2) is 25.6 Å². The number of pyridine rings is 1. The molecule has 0 aliphatic rings. The molecule has 0 spiro atoms. The average molecular weight is 390 g/mol. The number of hydrogen-bond donors (Lipinski definition) is 2. The Morgan fingerprint density at radius 1 is 1.31 bits per heavy atom. The Morgan fingerprint density at radius 2 is 2.08 bits per heavy atom. The Kier molecular flexibility index (Phi) is 4.93. The number of nitrogens with zero attached hydrogens (tertiary/aromatic N) is 5. The summed E-state index contributed by atoms with van der Waals surface area (Å²) < 4.78 is 1.56. The third kappa shape index (κ3) is 3.54. The summed E-state index contributed by atoms with van der Waals surface area (Å²) in [7, 11) is 0. The van der Waals surface area contributed by atoms with E-state index in [4.69, 9.17) is 28.5 Å². The highest BCUT2D eigenvalue weighted by molar-refractivity contribution is 6.31. The molecule has 0 saturated carbocycles. The summed E-state index contributed by atoms with van der Waals surface area (Å²) in [5.41, 5.74) is 2.34. The number of anilines is 2. The van der Waals surface area contributed by atoms with Gasteiger partial charge in [-0.05, 0) is 12.0 Å². The molecule has 8 nitrogen and oxygen atoms in total. The molecular formula is C16H13Cl2N7O. The monoisotopic (exact) mass is 389 g/mol. The minimum Gasteiger partial charge on any atom is -0.306 e. The predicted molar refractivity (Wildman–Crippen MR) is 98.7 cm³/mol. The molecule has 132 valence electrons. The number of rotatable bonds is 3. The third-order valence-electron chi connectivity index (χ3n) is 3.53. The minimum atomic E-state index is -0.502. The first-order valence-electron chi connectivity index (χ1n) is 7.56. The number of fused-ring (bicyclic) bond motifs is 1. The zero-order chi connectivity index (χ0) is 18.8. The van der Waals surface area contributed by atoms with Crippen LogP contribution in [0.5, 0.6) is 0 Å². The number of imidazole rings is 1. The fraction of sp³-hybridized carbons (Fsp3) is 0.188. The molecule has 0 unspecified atom stereocenters. The Balaban J connectivity index is 1.86. The normalized spacial score (nSPS) is 10.8. The summed E-state index contributed by atoms with van der Waals surface area (Å²) in [5.74, 6) is 0.0697. The van der Waals surface area contributed by atoms with Gasteiger partial charge in [-0.25, -0.2) is 19.3 Å². The molecule has 0 aromatic carbocycles. The van der Waals surface area contributed by atoms with E-state index in [2.05, 4.69) is 25.7 Å². The maximum Gasteiger partial charge on any atom is 0.323 e. The zero-order valence-electron chi connectivity index (χ0n) is 13.8. The van der Waals surface area contributed by atoms with Crippen molar-refractivity contribution in [3.05, 3.63) is 46.1 Å². The van der Waals surface area contributed by atoms with E-state index < -0.39 is 6.03 Å². The van der Waals surface area contributed by atoms with Crippen molar-refractivity contribution in [3.8, 4) is 6.07 Å². The van der Waals surface area contributed by atoms with Crippen molar-refractivity contribution < 1.29 is 4.79 Å². The number of carbonyl (C=O) groups is 1. The standard InChI is InChI=1S/C16H13Cl2N7O/c1-8(2)14-12(6-21-25-7-13(18)24-15(14)25)23-16(26)22-9-3-10(17)11(4-19)20-5-9/h3,5-8H,1-2H3,(H2,22,23,26). The predicted octanol–water partition coefficient (Wildman–Crippen LogP) is 4.07. The first-order valence-corrected chi connectivity index (χ1v) is 8.32. The van der Waals surface area contributed by atoms with Crippen molar-refractivity contribution in [1.29, 1.82) is 5.26 Å². The van der Waals surface area contributed by atoms with Gasteiger partial charge in [-0.1, -0.05) is 37.0 Å². The van der Waals surface area contributed by atoms with Crippen molar-refractivity contribution in [1.82, 2.24) is 19.6 Å². The molecule has 3 aromatic rings. The number of hydrogen-bond acceptors (Lipinski definition) is 5. The van der Waals surface area contributed by atoms with Gasteiger partial charge in [0.25, 0.3) is 0 Å². The van der Waals surface area contributed by atoms with Crippen molar-refractivity contribution in [2.24, 2.45) is 0 Å². The first kappa shape index (κ1) is 17.9. The second-order valence-corrected chi connectivity index (χ2v) is 6.50. The molecule has 0 saturated heterocycles. The highest BCUT2D eigenvalue weighted by Crippen LogP contribution is 2.28. The van der Waals surface area contributed by atoms with Crippen LogP contribution in [0, 0.1) is 11.3 Å². The summed E-state index contributed by atoms with van der Waals surface area (Å²) in [6.45, 7) is 3.95. The lowest BCUT2D eigenvalue weighted by Crippen LogP contribution is -2.21. The topological polar surface area (TPSA) is 108 Å². The molecule has 0 radical (unpaired) electrons. The number of carbonyl (C=O) groups excluding carboxylic acids is 1. The fourth-order valence-electron chi connectivity index (χ4n) is 2.47. The lowest BCUT2D eigenvalue weighted by Gasteiger charge is -2.14. The van der Waals surface area contributed by atoms with Gasteiger partial charge in [0.15, 0.2) is 11.3 Å². The van der Waals surface area contributed by atoms with Crippen LogP contribution < -0.4 is 10.6 Å². The van der Waals surface area contributed by atoms with E-state index in [0.717, 1.165) is 5.56 Å². The Hall–Kier alpha value is -2.89. The molecule has 3 aromatic heterocycles. The van der Waals surface area contributed by atoms with Gasteiger partial charge in [-0.3, -0.25) is 0 Å². The van der Waals surface area contributed by atoms with Gasteiger partial charge in [-0.2, -0.15) is 10.4 Å². The Bertz CT molecular complexity index is 1040. The van der Waals surface area contributed by atoms with Gasteiger partial charge in [0.05, 0.1) is 35.0 Å². The maximum atomic E-state index is 12.3. The largest absolute Gasteiger partial charge is 0.323 e. The van der Waals surface area contributed by atoms with Crippen molar-refractivity contribution in [2.75, 3.05) is 10.6 Å². The highest BCUT2D eigenvalue weighted by atomic mass is 35.5. The number of amides is 2. The zero-order valence-corrected chi connectivity index (χ0v) is 15.3. The third-order valence-corrected chi connectivity index (χ3v) is 4.00. The number of halogens is 2. The van der Waals surface area contributed by atoms with E-state index in [1.54, 1.807) is 10.7 Å². The van der Waals surface area contributed by atoms with Crippen LogP contribution in [0.1, 0.15) is 31.0 Å². The summed E-state index contributed by atoms with van der Waals surface area (Å²) in [6.07, 6.45) is 4.48. The smallest absolute Gasteiger partial charge is 0.306 e. The van der Waals surface area contributed by atoms with Crippen LogP contribution >= 0.6 is 23.2 Å². The van der Waals surface area contributed by atoms with Crippen molar-refractivity contribution >= 4 is 46.3 Å². The Labute approximate surface area is 158 Å². The molecular weight excluding hydrogens is 377 g/mol. The second-order valence-electron chi connectivity index (χ2n) is 5.70. The Morgan fingerprint density at radius 3 is 2.73 bits per heavy atom. The van der Waals surface area contributed by atoms with Crippen LogP contribution in [0.3, 0.4) is 0 Å². The van der Waals surface area contributed by atoms with Gasteiger partial charge in [0.1, 0.15) is 11.2 Å². The summed E-state index contributed by atoms with van der Waals surface area (Å²) in [5, 5.41) is 18.9. The van der Waals surface area contributed by atoms with Crippen LogP contribution in [0.15, 0.2) is 24.7 Å². The van der Waals surface area contributed by atoms with E-state index in [-0.39, 0.29) is 16.6 Å². The van der Waals surface area contributed by atoms with E-state index in [1.807, 2.05) is 19.9 Å². The molecule has 0 aliphatic carbocycles. The molecule has 2 N–H and O–H groups in total. The van der Waals surface area contributed by atoms with Crippen molar-refractivity contribution in [3.63, 3.8) is 0 Å². The van der Waals surface area contributed by atoms with Gasteiger partial charge in [-0.15, -0.1) is 0 Å². The summed E-state index contributed by atoms with van der Waals surface area (Å²) in [6, 6.07) is 2.80. The number of aromatic nitrogens is 4. The summed E-state index contributed by atoms with van der Waals surface area (Å²) in [4.78, 5) is 20.4. The molecule has 3 heterocycles. The minimum absolute atomic E-state index is 0.0697. The lowest BCUT2D eigenvalue weighted by atomic mass is 10.0. The molecule has 2 amide bonds. The molecule has 26 heavy (non-hydrogen) atoms. The first-order chi connectivity index (χ1) is 12.4. The lowest BCUT2D eigenvalue weighted by molar-refractivity contribution is 0.262. The number of nitriles is 1. The van der Waals surface area contributed by atoms with Crippen LogP contribution in [-0.2, 0) is 0 Å². The quantitative estimate of drug-likeness (QED) is 0.701. The molecule has 10 heteroatoms. The molecule has 3 rings (SSSR count).